The molecule has 22 heavy (non-hydrogen) atoms. The molecule has 0 spiro atoms. The van der Waals surface area contributed by atoms with Crippen LogP contribution in [0.2, 0.25) is 0 Å². The molecule has 2 rings (SSSR count). The van der Waals surface area contributed by atoms with Crippen LogP contribution < -0.4 is 0 Å². The fraction of sp³-hybridized carbons (Fsp3) is 0.667. The summed E-state index contributed by atoms with van der Waals surface area (Å²) in [6.07, 6.45) is 1.85. The van der Waals surface area contributed by atoms with Crippen molar-refractivity contribution >= 4 is 23.1 Å². The number of hydrogen-bond donors (Lipinski definition) is 0. The molecule has 2 nitrogen and oxygen atoms in total. The molecular weight excluding hydrogens is 308 g/mol. The van der Waals surface area contributed by atoms with Gasteiger partial charge in [-0.3, -0.25) is 0 Å². The molecule has 0 N–H and O–H groups in total. The van der Waals surface area contributed by atoms with Gasteiger partial charge in [-0.05, 0) is 47.0 Å². The standard InChI is InChI=1S/2C6H9NS.2C2H6.2CH4/c1-5(2)6-3-4-8-7-6;1-5(2)6-3-4-7-8-6;2*1-2;;/h2*3-5H,1-2H3;2*1-2H3;2*1H4. The second-order valence-electron chi connectivity index (χ2n) is 4.15. The van der Waals surface area contributed by atoms with Crippen molar-refractivity contribution in [3.05, 3.63) is 34.3 Å². The van der Waals surface area contributed by atoms with Crippen molar-refractivity contribution < 1.29 is 0 Å². The van der Waals surface area contributed by atoms with Gasteiger partial charge in [0.2, 0.25) is 0 Å². The number of nitrogens with zero attached hydrogens (tertiary/aromatic N) is 2. The third kappa shape index (κ3) is 14.2. The Morgan fingerprint density at radius 1 is 0.864 bits per heavy atom. The zero-order valence-electron chi connectivity index (χ0n) is 14.2. The van der Waals surface area contributed by atoms with Gasteiger partial charge in [0.05, 0.1) is 5.69 Å². The first-order chi connectivity index (χ1) is 9.61. The summed E-state index contributed by atoms with van der Waals surface area (Å²) in [4.78, 5) is 1.37. The molecule has 0 aliphatic heterocycles. The lowest BCUT2D eigenvalue weighted by Crippen LogP contribution is -1.83. The number of hydrogen-bond acceptors (Lipinski definition) is 4. The Bertz CT molecular complexity index is 327. The third-order valence-electron chi connectivity index (χ3n) is 2.08. The summed E-state index contributed by atoms with van der Waals surface area (Å²) in [6.45, 7) is 16.6. The molecule has 0 saturated carbocycles. The van der Waals surface area contributed by atoms with E-state index in [9.17, 15) is 0 Å². The quantitative estimate of drug-likeness (QED) is 0.553. The number of rotatable bonds is 2. The molecular formula is C18H38N2S2. The second kappa shape index (κ2) is 20.3. The zero-order chi connectivity index (χ0) is 16.0. The summed E-state index contributed by atoms with van der Waals surface area (Å²) in [5, 5.41) is 2.01. The minimum Gasteiger partial charge on any atom is -0.201 e. The van der Waals surface area contributed by atoms with Crippen LogP contribution in [0.25, 0.3) is 0 Å². The maximum absolute atomic E-state index is 4.16. The van der Waals surface area contributed by atoms with E-state index in [1.807, 2.05) is 39.3 Å². The summed E-state index contributed by atoms with van der Waals surface area (Å²) in [5.74, 6) is 1.23. The topological polar surface area (TPSA) is 25.8 Å². The Morgan fingerprint density at radius 3 is 1.59 bits per heavy atom. The van der Waals surface area contributed by atoms with Gasteiger partial charge in [-0.15, -0.1) is 0 Å². The molecule has 0 radical (unpaired) electrons. The Morgan fingerprint density at radius 2 is 1.41 bits per heavy atom. The molecule has 0 saturated heterocycles. The summed E-state index contributed by atoms with van der Waals surface area (Å²) in [6, 6.07) is 4.13. The molecule has 0 bridgehead atoms. The highest BCUT2D eigenvalue weighted by Crippen LogP contribution is 2.16. The largest absolute Gasteiger partial charge is 0.201 e. The molecule has 132 valence electrons. The Labute approximate surface area is 148 Å². The fourth-order valence-corrected chi connectivity index (χ4v) is 2.27. The van der Waals surface area contributed by atoms with E-state index in [4.69, 9.17) is 0 Å². The molecule has 2 aromatic heterocycles. The Hall–Kier alpha value is -0.740. The Kier molecular flexibility index (Phi) is 27.0. The van der Waals surface area contributed by atoms with Gasteiger partial charge in [-0.1, -0.05) is 70.2 Å². The van der Waals surface area contributed by atoms with Crippen LogP contribution in [0.15, 0.2) is 23.7 Å². The fourth-order valence-electron chi connectivity index (χ4n) is 1.04. The van der Waals surface area contributed by atoms with E-state index in [0.29, 0.717) is 11.8 Å². The molecule has 0 aromatic carbocycles. The minimum absolute atomic E-state index is 0. The van der Waals surface area contributed by atoms with Crippen LogP contribution in [0.4, 0.5) is 0 Å². The Balaban J connectivity index is -0.000000112. The van der Waals surface area contributed by atoms with Gasteiger partial charge in [0.25, 0.3) is 0 Å². The third-order valence-corrected chi connectivity index (χ3v) is 3.70. The van der Waals surface area contributed by atoms with Crippen LogP contribution in [0.5, 0.6) is 0 Å². The molecule has 0 unspecified atom stereocenters. The SMILES string of the molecule is C.C.CC.CC.CC(C)c1ccns1.CC(C)c1ccsn1. The van der Waals surface area contributed by atoms with Gasteiger partial charge in [-0.25, -0.2) is 4.37 Å². The lowest BCUT2D eigenvalue weighted by atomic mass is 10.1. The van der Waals surface area contributed by atoms with Gasteiger partial charge in [0.15, 0.2) is 0 Å². The van der Waals surface area contributed by atoms with E-state index in [2.05, 4.69) is 48.6 Å². The lowest BCUT2D eigenvalue weighted by molar-refractivity contribution is 0.841. The van der Waals surface area contributed by atoms with E-state index in [-0.39, 0.29) is 14.9 Å². The van der Waals surface area contributed by atoms with Gasteiger partial charge < -0.3 is 0 Å². The van der Waals surface area contributed by atoms with Crippen molar-refractivity contribution in [1.29, 1.82) is 0 Å². The first kappa shape index (κ1) is 29.3. The average molecular weight is 347 g/mol. The van der Waals surface area contributed by atoms with Crippen LogP contribution in [0.3, 0.4) is 0 Å². The molecule has 0 amide bonds. The van der Waals surface area contributed by atoms with Gasteiger partial charge in [-0.2, -0.15) is 4.37 Å². The van der Waals surface area contributed by atoms with Crippen molar-refractivity contribution in [1.82, 2.24) is 8.75 Å². The maximum Gasteiger partial charge on any atom is 0.0567 e. The van der Waals surface area contributed by atoms with Crippen molar-refractivity contribution in [2.24, 2.45) is 0 Å². The van der Waals surface area contributed by atoms with Gasteiger partial charge in [0.1, 0.15) is 0 Å². The highest BCUT2D eigenvalue weighted by molar-refractivity contribution is 7.05. The van der Waals surface area contributed by atoms with E-state index >= 15 is 0 Å². The molecule has 2 aromatic rings. The van der Waals surface area contributed by atoms with Crippen molar-refractivity contribution in [2.75, 3.05) is 0 Å². The molecule has 0 fully saturated rings. The van der Waals surface area contributed by atoms with Crippen molar-refractivity contribution in [3.8, 4) is 0 Å². The number of aromatic nitrogens is 2. The summed E-state index contributed by atoms with van der Waals surface area (Å²) < 4.78 is 8.14. The van der Waals surface area contributed by atoms with Gasteiger partial charge >= 0.3 is 0 Å². The van der Waals surface area contributed by atoms with Crippen LogP contribution in [0.1, 0.15) is 92.7 Å². The zero-order valence-corrected chi connectivity index (χ0v) is 15.8. The lowest BCUT2D eigenvalue weighted by Gasteiger charge is -1.94. The average Bonchev–Trinajstić information content (AvgIpc) is 3.17. The van der Waals surface area contributed by atoms with Gasteiger partial charge in [0, 0.05) is 16.5 Å². The maximum atomic E-state index is 4.16. The predicted octanol–water partition coefficient (Wildman–Crippen LogP) is 7.86. The van der Waals surface area contributed by atoms with E-state index in [1.54, 1.807) is 11.5 Å². The highest BCUT2D eigenvalue weighted by Gasteiger charge is 1.98. The monoisotopic (exact) mass is 346 g/mol. The van der Waals surface area contributed by atoms with Crippen LogP contribution in [-0.2, 0) is 0 Å². The molecule has 2 heterocycles. The van der Waals surface area contributed by atoms with Crippen LogP contribution >= 0.6 is 23.1 Å². The smallest absolute Gasteiger partial charge is 0.0567 e. The normalized spacial score (nSPS) is 8.09. The summed E-state index contributed by atoms with van der Waals surface area (Å²) in [7, 11) is 0. The highest BCUT2D eigenvalue weighted by atomic mass is 32.1. The van der Waals surface area contributed by atoms with Crippen LogP contribution in [0, 0.1) is 0 Å². The van der Waals surface area contributed by atoms with Crippen molar-refractivity contribution in [3.63, 3.8) is 0 Å². The second-order valence-corrected chi connectivity index (χ2v) is 5.68. The summed E-state index contributed by atoms with van der Waals surface area (Å²) >= 11 is 3.10. The van der Waals surface area contributed by atoms with Crippen LogP contribution in [-0.4, -0.2) is 8.75 Å². The first-order valence-electron chi connectivity index (χ1n) is 7.42. The minimum atomic E-state index is 0. The molecule has 0 aliphatic rings. The van der Waals surface area contributed by atoms with E-state index < -0.39 is 0 Å². The molecule has 0 aliphatic carbocycles. The first-order valence-corrected chi connectivity index (χ1v) is 9.03. The van der Waals surface area contributed by atoms with Crippen molar-refractivity contribution in [2.45, 2.75) is 82.1 Å². The van der Waals surface area contributed by atoms with E-state index in [0.717, 1.165) is 0 Å². The predicted molar refractivity (Wildman–Crippen MR) is 109 cm³/mol. The molecule has 4 heteroatoms. The molecule has 0 atom stereocenters. The summed E-state index contributed by atoms with van der Waals surface area (Å²) in [5.41, 5.74) is 1.20. The van der Waals surface area contributed by atoms with E-state index in [1.165, 1.54) is 22.1 Å².